The number of fused-ring (bicyclic) bond motifs is 1. The van der Waals surface area contributed by atoms with Crippen LogP contribution in [-0.4, -0.2) is 43.9 Å². The number of benzene rings is 1. The van der Waals surface area contributed by atoms with Crippen LogP contribution in [0.25, 0.3) is 10.9 Å². The Kier molecular flexibility index (Phi) is 5.98. The lowest BCUT2D eigenvalue weighted by molar-refractivity contribution is -0.122. The molecular formula is C23H27N5O4. The highest BCUT2D eigenvalue weighted by molar-refractivity contribution is 6.06. The Morgan fingerprint density at radius 1 is 1.25 bits per heavy atom. The maximum atomic E-state index is 12.3. The fourth-order valence-corrected chi connectivity index (χ4v) is 4.29. The highest BCUT2D eigenvalue weighted by Gasteiger charge is 2.25. The van der Waals surface area contributed by atoms with Crippen molar-refractivity contribution in [3.05, 3.63) is 47.4 Å². The largest absolute Gasteiger partial charge is 0.490 e. The number of amides is 1. The first kappa shape index (κ1) is 21.6. The van der Waals surface area contributed by atoms with Gasteiger partial charge < -0.3 is 20.9 Å². The van der Waals surface area contributed by atoms with Gasteiger partial charge in [0, 0.05) is 12.2 Å². The third kappa shape index (κ3) is 4.51. The Hall–Kier alpha value is -3.62. The zero-order valence-corrected chi connectivity index (χ0v) is 18.2. The summed E-state index contributed by atoms with van der Waals surface area (Å²) in [6.45, 7) is 3.78. The SMILES string of the molecule is Cc1cnn(CC(=O)N[C@H]2CC[C@H](Oc3cccc4nc(C)c(C(=O)O)c(N)c34)CC2)c1. The van der Waals surface area contributed by atoms with Gasteiger partial charge in [0.15, 0.2) is 0 Å². The third-order valence-electron chi connectivity index (χ3n) is 5.81. The standard InChI is InChI=1S/C23H27N5O4/c1-13-10-25-28(11-13)12-19(29)27-15-6-8-16(9-7-15)32-18-5-3-4-17-21(18)22(24)20(23(30)31)14(2)26-17/h3-5,10-11,15-16H,6-9,12H2,1-2H3,(H2,24,26)(H,27,29)(H,30,31)/t15-,16-. The number of ether oxygens (including phenoxy) is 1. The fraction of sp³-hybridized carbons (Fsp3) is 0.391. The minimum atomic E-state index is -1.11. The summed E-state index contributed by atoms with van der Waals surface area (Å²) >= 11 is 0. The summed E-state index contributed by atoms with van der Waals surface area (Å²) < 4.78 is 7.87. The zero-order chi connectivity index (χ0) is 22.8. The molecule has 0 radical (unpaired) electrons. The van der Waals surface area contributed by atoms with E-state index in [4.69, 9.17) is 10.5 Å². The monoisotopic (exact) mass is 437 g/mol. The lowest BCUT2D eigenvalue weighted by Crippen LogP contribution is -2.41. The van der Waals surface area contributed by atoms with Crippen molar-refractivity contribution in [2.45, 2.75) is 58.2 Å². The van der Waals surface area contributed by atoms with Crippen LogP contribution < -0.4 is 15.8 Å². The average molecular weight is 438 g/mol. The van der Waals surface area contributed by atoms with Crippen molar-refractivity contribution in [2.24, 2.45) is 0 Å². The number of hydrogen-bond donors (Lipinski definition) is 3. The number of anilines is 1. The number of nitrogens with two attached hydrogens (primary N) is 1. The molecule has 1 fully saturated rings. The third-order valence-corrected chi connectivity index (χ3v) is 5.81. The average Bonchev–Trinajstić information content (AvgIpc) is 3.13. The molecule has 1 saturated carbocycles. The van der Waals surface area contributed by atoms with Crippen LogP contribution in [0, 0.1) is 13.8 Å². The Balaban J connectivity index is 1.40. The smallest absolute Gasteiger partial charge is 0.339 e. The predicted octanol–water partition coefficient (Wildman–Crippen LogP) is 2.83. The van der Waals surface area contributed by atoms with Gasteiger partial charge in [-0.3, -0.25) is 14.5 Å². The number of carbonyl (C=O) groups is 2. The molecule has 2 aromatic heterocycles. The summed E-state index contributed by atoms with van der Waals surface area (Å²) in [5, 5.41) is 17.3. The van der Waals surface area contributed by atoms with Gasteiger partial charge in [-0.25, -0.2) is 4.79 Å². The van der Waals surface area contributed by atoms with E-state index in [0.29, 0.717) is 22.3 Å². The van der Waals surface area contributed by atoms with Crippen molar-refractivity contribution < 1.29 is 19.4 Å². The van der Waals surface area contributed by atoms with Crippen LogP contribution in [0.15, 0.2) is 30.6 Å². The molecule has 1 amide bonds. The molecule has 2 heterocycles. The summed E-state index contributed by atoms with van der Waals surface area (Å²) in [4.78, 5) is 28.3. The Morgan fingerprint density at radius 3 is 2.66 bits per heavy atom. The summed E-state index contributed by atoms with van der Waals surface area (Å²) in [5.41, 5.74) is 8.39. The van der Waals surface area contributed by atoms with Crippen LogP contribution in [0.2, 0.25) is 0 Å². The van der Waals surface area contributed by atoms with Gasteiger partial charge in [0.2, 0.25) is 5.91 Å². The number of aryl methyl sites for hydroxylation is 2. The van der Waals surface area contributed by atoms with E-state index in [2.05, 4.69) is 15.4 Å². The number of nitrogen functional groups attached to an aromatic ring is 1. The highest BCUT2D eigenvalue weighted by Crippen LogP contribution is 2.35. The van der Waals surface area contributed by atoms with E-state index in [1.165, 1.54) is 0 Å². The molecule has 3 aromatic rings. The van der Waals surface area contributed by atoms with Crippen LogP contribution in [0.1, 0.15) is 47.3 Å². The molecule has 1 aliphatic rings. The van der Waals surface area contributed by atoms with Crippen LogP contribution >= 0.6 is 0 Å². The van der Waals surface area contributed by atoms with E-state index < -0.39 is 5.97 Å². The number of nitrogens with zero attached hydrogens (tertiary/aromatic N) is 3. The summed E-state index contributed by atoms with van der Waals surface area (Å²) in [6.07, 6.45) is 6.66. The summed E-state index contributed by atoms with van der Waals surface area (Å²) in [5.74, 6) is -0.621. The number of aromatic carboxylic acids is 1. The maximum Gasteiger partial charge on any atom is 0.339 e. The molecule has 1 aromatic carbocycles. The molecule has 4 N–H and O–H groups in total. The van der Waals surface area contributed by atoms with Crippen molar-refractivity contribution >= 4 is 28.5 Å². The first-order valence-electron chi connectivity index (χ1n) is 10.7. The number of nitrogens with one attached hydrogen (secondary N) is 1. The molecular weight excluding hydrogens is 410 g/mol. The van der Waals surface area contributed by atoms with Gasteiger partial charge >= 0.3 is 5.97 Å². The quantitative estimate of drug-likeness (QED) is 0.540. The summed E-state index contributed by atoms with van der Waals surface area (Å²) in [7, 11) is 0. The molecule has 9 heteroatoms. The first-order valence-corrected chi connectivity index (χ1v) is 10.7. The fourth-order valence-electron chi connectivity index (χ4n) is 4.29. The number of carboxylic acid groups (broad SMARTS) is 1. The molecule has 9 nitrogen and oxygen atoms in total. The first-order chi connectivity index (χ1) is 15.3. The Morgan fingerprint density at radius 2 is 2.00 bits per heavy atom. The van der Waals surface area contributed by atoms with E-state index in [-0.39, 0.29) is 35.8 Å². The predicted molar refractivity (Wildman–Crippen MR) is 120 cm³/mol. The van der Waals surface area contributed by atoms with Gasteiger partial charge in [0.25, 0.3) is 0 Å². The topological polar surface area (TPSA) is 132 Å². The second-order valence-electron chi connectivity index (χ2n) is 8.32. The van der Waals surface area contributed by atoms with Crippen LogP contribution in [-0.2, 0) is 11.3 Å². The Bertz CT molecular complexity index is 1160. The number of rotatable bonds is 6. The van der Waals surface area contributed by atoms with Gasteiger partial charge in [0.05, 0.1) is 34.6 Å². The molecule has 0 atom stereocenters. The van der Waals surface area contributed by atoms with Crippen molar-refractivity contribution in [1.82, 2.24) is 20.1 Å². The number of hydrogen-bond acceptors (Lipinski definition) is 6. The highest BCUT2D eigenvalue weighted by atomic mass is 16.5. The molecule has 4 rings (SSSR count). The molecule has 0 unspecified atom stereocenters. The van der Waals surface area contributed by atoms with E-state index in [1.54, 1.807) is 29.9 Å². The number of aromatic nitrogens is 3. The van der Waals surface area contributed by atoms with Gasteiger partial charge in [-0.1, -0.05) is 6.07 Å². The number of carbonyl (C=O) groups excluding carboxylic acids is 1. The zero-order valence-electron chi connectivity index (χ0n) is 18.2. The van der Waals surface area contributed by atoms with Crippen molar-refractivity contribution in [2.75, 3.05) is 5.73 Å². The molecule has 32 heavy (non-hydrogen) atoms. The molecule has 0 aliphatic heterocycles. The van der Waals surface area contributed by atoms with Crippen LogP contribution in [0.5, 0.6) is 5.75 Å². The van der Waals surface area contributed by atoms with Crippen molar-refractivity contribution in [3.63, 3.8) is 0 Å². The van der Waals surface area contributed by atoms with E-state index >= 15 is 0 Å². The minimum Gasteiger partial charge on any atom is -0.490 e. The second kappa shape index (κ2) is 8.86. The Labute approximate surface area is 185 Å². The van der Waals surface area contributed by atoms with Crippen molar-refractivity contribution in [3.8, 4) is 5.75 Å². The van der Waals surface area contributed by atoms with Crippen LogP contribution in [0.4, 0.5) is 5.69 Å². The van der Waals surface area contributed by atoms with Gasteiger partial charge in [-0.05, 0) is 57.2 Å². The van der Waals surface area contributed by atoms with Crippen LogP contribution in [0.3, 0.4) is 0 Å². The lowest BCUT2D eigenvalue weighted by Gasteiger charge is -2.30. The molecule has 1 aliphatic carbocycles. The number of pyridine rings is 1. The molecule has 0 spiro atoms. The molecule has 168 valence electrons. The van der Waals surface area contributed by atoms with Gasteiger partial charge in [0.1, 0.15) is 17.9 Å². The molecule has 0 saturated heterocycles. The van der Waals surface area contributed by atoms with E-state index in [1.807, 2.05) is 19.2 Å². The molecule has 0 bridgehead atoms. The minimum absolute atomic E-state index is 0.00680. The maximum absolute atomic E-state index is 12.3. The summed E-state index contributed by atoms with van der Waals surface area (Å²) in [6, 6.07) is 5.51. The lowest BCUT2D eigenvalue weighted by atomic mass is 9.92. The van der Waals surface area contributed by atoms with Crippen molar-refractivity contribution in [1.29, 1.82) is 0 Å². The normalized spacial score (nSPS) is 18.4. The van der Waals surface area contributed by atoms with E-state index in [9.17, 15) is 14.7 Å². The number of carboxylic acids is 1. The van der Waals surface area contributed by atoms with Gasteiger partial charge in [-0.15, -0.1) is 0 Å². The second-order valence-corrected chi connectivity index (χ2v) is 8.32. The van der Waals surface area contributed by atoms with E-state index in [0.717, 1.165) is 31.2 Å². The van der Waals surface area contributed by atoms with Gasteiger partial charge in [-0.2, -0.15) is 5.10 Å².